The maximum Gasteiger partial charge on any atom is 0.242 e. The Morgan fingerprint density at radius 3 is 2.38 bits per heavy atom. The normalized spacial score (nSPS) is 30.8. The Labute approximate surface area is 171 Å². The number of sulfonamides is 1. The van der Waals surface area contributed by atoms with E-state index in [2.05, 4.69) is 15.5 Å². The second-order valence-electron chi connectivity index (χ2n) is 9.27. The fourth-order valence-corrected chi connectivity index (χ4v) is 7.81. The van der Waals surface area contributed by atoms with Crippen LogP contribution in [0.3, 0.4) is 0 Å². The topological polar surface area (TPSA) is 90.2 Å². The van der Waals surface area contributed by atoms with Crippen LogP contribution in [0.4, 0.5) is 0 Å². The lowest BCUT2D eigenvalue weighted by molar-refractivity contribution is -0.0583. The van der Waals surface area contributed by atoms with Crippen molar-refractivity contribution in [3.63, 3.8) is 0 Å². The van der Waals surface area contributed by atoms with Crippen LogP contribution in [-0.4, -0.2) is 53.6 Å². The minimum absolute atomic E-state index is 0.154. The van der Waals surface area contributed by atoms with Crippen LogP contribution in [0.25, 0.3) is 5.69 Å². The number of hydrogen-bond acceptors (Lipinski definition) is 6. The molecule has 0 radical (unpaired) electrons. The number of hydrogen-bond donors (Lipinski definition) is 0. The van der Waals surface area contributed by atoms with E-state index in [9.17, 15) is 8.42 Å². The number of ether oxygens (including phenoxy) is 1. The lowest BCUT2D eigenvalue weighted by Crippen LogP contribution is -2.51. The van der Waals surface area contributed by atoms with Crippen LogP contribution in [-0.2, 0) is 10.0 Å². The van der Waals surface area contributed by atoms with Gasteiger partial charge in [0.15, 0.2) is 0 Å². The van der Waals surface area contributed by atoms with Crippen LogP contribution >= 0.6 is 0 Å². The summed E-state index contributed by atoms with van der Waals surface area (Å²) in [5, 5.41) is 11.2. The van der Waals surface area contributed by atoms with E-state index >= 15 is 0 Å². The zero-order chi connectivity index (χ0) is 20.2. The van der Waals surface area contributed by atoms with E-state index in [-0.39, 0.29) is 10.3 Å². The molecule has 0 saturated heterocycles. The average Bonchev–Trinajstić information content (AvgIpc) is 3.20. The van der Waals surface area contributed by atoms with E-state index in [1.165, 1.54) is 56.6 Å². The SMILES string of the molecule is COc1ccc(S(=O)(=O)N(C)CC23CC4CC(CC(C4)C2)C3)cc1-n1cnnn1. The molecule has 1 heterocycles. The molecule has 4 fully saturated rings. The predicted molar refractivity (Wildman–Crippen MR) is 106 cm³/mol. The number of methoxy groups -OCH3 is 1. The first kappa shape index (κ1) is 19.0. The van der Waals surface area contributed by atoms with Crippen LogP contribution in [0, 0.1) is 23.2 Å². The largest absolute Gasteiger partial charge is 0.494 e. The van der Waals surface area contributed by atoms with Crippen molar-refractivity contribution in [3.05, 3.63) is 24.5 Å². The minimum Gasteiger partial charge on any atom is -0.494 e. The van der Waals surface area contributed by atoms with Crippen molar-refractivity contribution >= 4 is 10.0 Å². The quantitative estimate of drug-likeness (QED) is 0.717. The molecule has 0 N–H and O–H groups in total. The molecule has 4 aliphatic carbocycles. The molecule has 2 aromatic rings. The first-order chi connectivity index (χ1) is 13.9. The Balaban J connectivity index is 1.43. The molecule has 4 saturated carbocycles. The zero-order valence-corrected chi connectivity index (χ0v) is 17.7. The van der Waals surface area contributed by atoms with Crippen molar-refractivity contribution in [2.75, 3.05) is 20.7 Å². The highest BCUT2D eigenvalue weighted by atomic mass is 32.2. The second-order valence-corrected chi connectivity index (χ2v) is 11.3. The van der Waals surface area contributed by atoms with Gasteiger partial charge in [-0.05, 0) is 90.3 Å². The van der Waals surface area contributed by atoms with Crippen LogP contribution in [0.5, 0.6) is 5.75 Å². The number of nitrogens with zero attached hydrogens (tertiary/aromatic N) is 5. The standard InChI is InChI=1S/C20H27N5O3S/c1-24(12-20-9-14-5-15(10-20)7-16(6-14)11-20)29(26,27)17-3-4-19(28-2)18(8-17)25-13-21-22-23-25/h3-4,8,13-16H,5-7,9-12H2,1-2H3. The van der Waals surface area contributed by atoms with Gasteiger partial charge in [0.05, 0.1) is 12.0 Å². The van der Waals surface area contributed by atoms with Gasteiger partial charge in [-0.15, -0.1) is 5.10 Å². The maximum absolute atomic E-state index is 13.4. The summed E-state index contributed by atoms with van der Waals surface area (Å²) in [5.74, 6) is 2.90. The highest BCUT2D eigenvalue weighted by molar-refractivity contribution is 7.89. The Kier molecular flexibility index (Phi) is 4.43. The lowest BCUT2D eigenvalue weighted by Gasteiger charge is -2.57. The lowest BCUT2D eigenvalue weighted by atomic mass is 9.49. The van der Waals surface area contributed by atoms with E-state index in [4.69, 9.17) is 4.74 Å². The van der Waals surface area contributed by atoms with Crippen LogP contribution in [0.1, 0.15) is 38.5 Å². The summed E-state index contributed by atoms with van der Waals surface area (Å²) >= 11 is 0. The number of aromatic nitrogens is 4. The summed E-state index contributed by atoms with van der Waals surface area (Å²) in [6.07, 6.45) is 9.01. The second kappa shape index (κ2) is 6.77. The first-order valence-electron chi connectivity index (χ1n) is 10.3. The molecular weight excluding hydrogens is 390 g/mol. The summed E-state index contributed by atoms with van der Waals surface area (Å²) in [5.41, 5.74) is 0.656. The Morgan fingerprint density at radius 1 is 1.17 bits per heavy atom. The van der Waals surface area contributed by atoms with Crippen LogP contribution in [0.2, 0.25) is 0 Å². The van der Waals surface area contributed by atoms with E-state index in [0.29, 0.717) is 18.0 Å². The minimum atomic E-state index is -3.63. The molecule has 0 atom stereocenters. The Hall–Kier alpha value is -2.00. The van der Waals surface area contributed by atoms with Crippen molar-refractivity contribution in [2.24, 2.45) is 23.2 Å². The molecule has 0 amide bonds. The van der Waals surface area contributed by atoms with Crippen molar-refractivity contribution in [1.82, 2.24) is 24.5 Å². The fourth-order valence-electron chi connectivity index (χ4n) is 6.50. The van der Waals surface area contributed by atoms with Crippen LogP contribution < -0.4 is 4.74 Å². The fraction of sp³-hybridized carbons (Fsp3) is 0.650. The summed E-state index contributed by atoms with van der Waals surface area (Å²) in [4.78, 5) is 0.232. The van der Waals surface area contributed by atoms with Gasteiger partial charge in [0, 0.05) is 13.6 Å². The molecule has 0 spiro atoms. The summed E-state index contributed by atoms with van der Waals surface area (Å²) in [6.45, 7) is 0.602. The van der Waals surface area contributed by atoms with Gasteiger partial charge in [0.2, 0.25) is 10.0 Å². The number of rotatable bonds is 6. The molecule has 9 heteroatoms. The predicted octanol–water partition coefficient (Wildman–Crippen LogP) is 2.51. The van der Waals surface area contributed by atoms with Crippen molar-refractivity contribution in [1.29, 1.82) is 0 Å². The van der Waals surface area contributed by atoms with Gasteiger partial charge in [-0.1, -0.05) is 0 Å². The van der Waals surface area contributed by atoms with Crippen molar-refractivity contribution in [2.45, 2.75) is 43.4 Å². The summed E-state index contributed by atoms with van der Waals surface area (Å²) in [6, 6.07) is 4.83. The van der Waals surface area contributed by atoms with Gasteiger partial charge >= 0.3 is 0 Å². The molecule has 0 aliphatic heterocycles. The number of tetrazole rings is 1. The van der Waals surface area contributed by atoms with E-state index < -0.39 is 10.0 Å². The van der Waals surface area contributed by atoms with Gasteiger partial charge in [-0.25, -0.2) is 12.7 Å². The molecule has 6 rings (SSSR count). The maximum atomic E-state index is 13.4. The van der Waals surface area contributed by atoms with Crippen molar-refractivity contribution < 1.29 is 13.2 Å². The van der Waals surface area contributed by atoms with Gasteiger partial charge in [-0.2, -0.15) is 4.68 Å². The summed E-state index contributed by atoms with van der Waals surface area (Å²) in [7, 11) is -0.370. The molecule has 29 heavy (non-hydrogen) atoms. The monoisotopic (exact) mass is 417 g/mol. The van der Waals surface area contributed by atoms with E-state index in [1.807, 2.05) is 0 Å². The molecule has 1 aromatic carbocycles. The first-order valence-corrected chi connectivity index (χ1v) is 11.7. The smallest absolute Gasteiger partial charge is 0.242 e. The molecule has 4 aliphatic rings. The van der Waals surface area contributed by atoms with E-state index in [0.717, 1.165) is 17.8 Å². The molecule has 156 valence electrons. The summed E-state index contributed by atoms with van der Waals surface area (Å²) < 4.78 is 35.1. The highest BCUT2D eigenvalue weighted by Gasteiger charge is 2.51. The molecule has 8 nitrogen and oxygen atoms in total. The Bertz CT molecular complexity index is 970. The zero-order valence-electron chi connectivity index (χ0n) is 16.9. The van der Waals surface area contributed by atoms with Crippen LogP contribution in [0.15, 0.2) is 29.4 Å². The third-order valence-corrected chi connectivity index (χ3v) is 8.98. The third kappa shape index (κ3) is 3.24. The number of benzene rings is 1. The van der Waals surface area contributed by atoms with E-state index in [1.54, 1.807) is 29.6 Å². The molecule has 0 unspecified atom stereocenters. The molecule has 1 aromatic heterocycles. The average molecular weight is 418 g/mol. The van der Waals surface area contributed by atoms with Gasteiger partial charge in [-0.3, -0.25) is 0 Å². The Morgan fingerprint density at radius 2 is 1.83 bits per heavy atom. The third-order valence-electron chi connectivity index (χ3n) is 7.18. The highest BCUT2D eigenvalue weighted by Crippen LogP contribution is 2.60. The molecular formula is C20H27N5O3S. The van der Waals surface area contributed by atoms with Gasteiger partial charge in [0.1, 0.15) is 17.8 Å². The van der Waals surface area contributed by atoms with Crippen molar-refractivity contribution in [3.8, 4) is 11.4 Å². The van der Waals surface area contributed by atoms with Gasteiger partial charge < -0.3 is 4.74 Å². The van der Waals surface area contributed by atoms with Gasteiger partial charge in [0.25, 0.3) is 0 Å². The molecule has 4 bridgehead atoms.